The molecule has 0 fully saturated rings. The summed E-state index contributed by atoms with van der Waals surface area (Å²) in [4.78, 5) is 0. The van der Waals surface area contributed by atoms with E-state index in [0.717, 1.165) is 18.5 Å². The topological polar surface area (TPSA) is 39.1 Å². The molecule has 0 saturated carbocycles. The molecule has 1 heterocycles. The Bertz CT molecular complexity index is 352. The summed E-state index contributed by atoms with van der Waals surface area (Å²) in [7, 11) is 0. The molecule has 0 radical (unpaired) electrons. The Morgan fingerprint density at radius 1 is 1.44 bits per heavy atom. The molecule has 0 aliphatic rings. The van der Waals surface area contributed by atoms with Crippen LogP contribution in [0.25, 0.3) is 0 Å². The fraction of sp³-hybridized carbons (Fsp3) is 0.727. The van der Waals surface area contributed by atoms with Crippen LogP contribution >= 0.6 is 0 Å². The second-order valence-corrected chi connectivity index (χ2v) is 3.85. The third-order valence-electron chi connectivity index (χ3n) is 2.50. The lowest BCUT2D eigenvalue weighted by Gasteiger charge is -2.13. The van der Waals surface area contributed by atoms with E-state index in [4.69, 9.17) is 0 Å². The van der Waals surface area contributed by atoms with Crippen LogP contribution in [-0.2, 0) is 11.3 Å². The Morgan fingerprint density at radius 3 is 2.72 bits per heavy atom. The average molecular weight is 265 g/mol. The molecular weight excluding hydrogens is 247 g/mol. The van der Waals surface area contributed by atoms with E-state index >= 15 is 0 Å². The second-order valence-electron chi connectivity index (χ2n) is 3.85. The summed E-state index contributed by atoms with van der Waals surface area (Å²) < 4.78 is 40.5. The summed E-state index contributed by atoms with van der Waals surface area (Å²) in [5, 5.41) is 7.29. The molecule has 1 unspecified atom stereocenters. The standard InChI is InChI=1S/C11H18F3N3O/c1-3-10(15-4-2)9-7-16-17(8-9)5-6-18-11(12,13)14/h7-8,10,15H,3-6H2,1-2H3. The molecule has 1 aromatic rings. The number of alkyl halides is 3. The van der Waals surface area contributed by atoms with E-state index in [9.17, 15) is 13.2 Å². The molecule has 0 aliphatic carbocycles. The maximum absolute atomic E-state index is 11.8. The normalized spacial score (nSPS) is 13.8. The van der Waals surface area contributed by atoms with Crippen LogP contribution in [0.15, 0.2) is 12.4 Å². The maximum Gasteiger partial charge on any atom is 0.522 e. The highest BCUT2D eigenvalue weighted by Gasteiger charge is 2.28. The summed E-state index contributed by atoms with van der Waals surface area (Å²) in [6, 6.07) is 0.187. The molecule has 104 valence electrons. The summed E-state index contributed by atoms with van der Waals surface area (Å²) in [5.41, 5.74) is 0.978. The highest BCUT2D eigenvalue weighted by Crippen LogP contribution is 2.17. The number of hydrogen-bond acceptors (Lipinski definition) is 3. The number of nitrogens with zero attached hydrogens (tertiary/aromatic N) is 2. The molecule has 0 saturated heterocycles. The smallest absolute Gasteiger partial charge is 0.310 e. The van der Waals surface area contributed by atoms with Gasteiger partial charge >= 0.3 is 6.36 Å². The maximum atomic E-state index is 11.8. The van der Waals surface area contributed by atoms with E-state index in [2.05, 4.69) is 15.2 Å². The molecule has 4 nitrogen and oxygen atoms in total. The van der Waals surface area contributed by atoms with Gasteiger partial charge in [0, 0.05) is 17.8 Å². The largest absolute Gasteiger partial charge is 0.522 e. The first-order chi connectivity index (χ1) is 8.46. The predicted molar refractivity (Wildman–Crippen MR) is 60.9 cm³/mol. The Hall–Kier alpha value is -1.08. The van der Waals surface area contributed by atoms with Crippen molar-refractivity contribution in [1.29, 1.82) is 0 Å². The molecule has 0 spiro atoms. The first-order valence-electron chi connectivity index (χ1n) is 5.92. The first kappa shape index (κ1) is 15.0. The molecule has 1 rings (SSSR count). The molecule has 7 heteroatoms. The molecule has 0 bridgehead atoms. The minimum atomic E-state index is -4.58. The third-order valence-corrected chi connectivity index (χ3v) is 2.50. The van der Waals surface area contributed by atoms with Gasteiger partial charge in [0.15, 0.2) is 0 Å². The zero-order valence-corrected chi connectivity index (χ0v) is 10.5. The summed E-state index contributed by atoms with van der Waals surface area (Å²) in [6.07, 6.45) is -0.259. The van der Waals surface area contributed by atoms with Crippen LogP contribution in [0, 0.1) is 0 Å². The number of rotatable bonds is 7. The highest BCUT2D eigenvalue weighted by molar-refractivity contribution is 5.10. The number of ether oxygens (including phenoxy) is 1. The fourth-order valence-corrected chi connectivity index (χ4v) is 1.68. The van der Waals surface area contributed by atoms with Gasteiger partial charge in [0.05, 0.1) is 19.3 Å². The van der Waals surface area contributed by atoms with Crippen molar-refractivity contribution in [3.05, 3.63) is 18.0 Å². The van der Waals surface area contributed by atoms with E-state index in [1.165, 1.54) is 4.68 Å². The molecule has 0 aromatic carbocycles. The van der Waals surface area contributed by atoms with Gasteiger partial charge in [-0.2, -0.15) is 5.10 Å². The third kappa shape index (κ3) is 5.05. The minimum absolute atomic E-state index is 0.0854. The van der Waals surface area contributed by atoms with Gasteiger partial charge in [0.25, 0.3) is 0 Å². The van der Waals surface area contributed by atoms with E-state index in [-0.39, 0.29) is 12.6 Å². The van der Waals surface area contributed by atoms with Crippen LogP contribution < -0.4 is 5.32 Å². The van der Waals surface area contributed by atoms with E-state index < -0.39 is 13.0 Å². The van der Waals surface area contributed by atoms with Crippen molar-refractivity contribution in [2.24, 2.45) is 0 Å². The van der Waals surface area contributed by atoms with Crippen LogP contribution in [0.5, 0.6) is 0 Å². The van der Waals surface area contributed by atoms with Crippen molar-refractivity contribution in [2.45, 2.75) is 39.2 Å². The van der Waals surface area contributed by atoms with Crippen molar-refractivity contribution >= 4 is 0 Å². The van der Waals surface area contributed by atoms with Crippen LogP contribution in [0.1, 0.15) is 31.9 Å². The predicted octanol–water partition coefficient (Wildman–Crippen LogP) is 2.48. The van der Waals surface area contributed by atoms with Gasteiger partial charge in [0.1, 0.15) is 0 Å². The van der Waals surface area contributed by atoms with Gasteiger partial charge < -0.3 is 5.32 Å². The number of halogens is 3. The highest BCUT2D eigenvalue weighted by atomic mass is 19.4. The van der Waals surface area contributed by atoms with Crippen LogP contribution in [0.3, 0.4) is 0 Å². The molecule has 18 heavy (non-hydrogen) atoms. The van der Waals surface area contributed by atoms with Crippen molar-refractivity contribution in [3.63, 3.8) is 0 Å². The lowest BCUT2D eigenvalue weighted by atomic mass is 10.1. The molecule has 1 N–H and O–H groups in total. The monoisotopic (exact) mass is 265 g/mol. The molecular formula is C11H18F3N3O. The lowest BCUT2D eigenvalue weighted by Crippen LogP contribution is -2.19. The van der Waals surface area contributed by atoms with Gasteiger partial charge in [-0.15, -0.1) is 13.2 Å². The SMILES string of the molecule is CCNC(CC)c1cnn(CCOC(F)(F)F)c1. The van der Waals surface area contributed by atoms with Crippen molar-refractivity contribution in [2.75, 3.05) is 13.2 Å². The van der Waals surface area contributed by atoms with Gasteiger partial charge in [-0.05, 0) is 13.0 Å². The zero-order chi connectivity index (χ0) is 13.6. The minimum Gasteiger partial charge on any atom is -0.310 e. The summed E-state index contributed by atoms with van der Waals surface area (Å²) in [5.74, 6) is 0. The molecule has 1 atom stereocenters. The number of hydrogen-bond donors (Lipinski definition) is 1. The van der Waals surface area contributed by atoms with Crippen molar-refractivity contribution in [3.8, 4) is 0 Å². The fourth-order valence-electron chi connectivity index (χ4n) is 1.68. The van der Waals surface area contributed by atoms with E-state index in [1.54, 1.807) is 12.4 Å². The van der Waals surface area contributed by atoms with Gasteiger partial charge in [-0.25, -0.2) is 0 Å². The van der Waals surface area contributed by atoms with Gasteiger partial charge in [-0.1, -0.05) is 13.8 Å². The summed E-state index contributed by atoms with van der Waals surface area (Å²) in [6.45, 7) is 4.53. The number of nitrogens with one attached hydrogen (secondary N) is 1. The number of aromatic nitrogens is 2. The Morgan fingerprint density at radius 2 is 2.17 bits per heavy atom. The Balaban J connectivity index is 2.47. The van der Waals surface area contributed by atoms with Gasteiger partial charge in [0.2, 0.25) is 0 Å². The van der Waals surface area contributed by atoms with E-state index in [1.807, 2.05) is 13.8 Å². The Kier molecular flexibility index (Phi) is 5.61. The zero-order valence-electron chi connectivity index (χ0n) is 10.5. The van der Waals surface area contributed by atoms with Gasteiger partial charge in [-0.3, -0.25) is 9.42 Å². The van der Waals surface area contributed by atoms with Crippen LogP contribution in [0.2, 0.25) is 0 Å². The van der Waals surface area contributed by atoms with Crippen LogP contribution in [-0.4, -0.2) is 29.3 Å². The molecule has 0 amide bonds. The quantitative estimate of drug-likeness (QED) is 0.823. The Labute approximate surface area is 104 Å². The van der Waals surface area contributed by atoms with E-state index in [0.29, 0.717) is 0 Å². The van der Waals surface area contributed by atoms with Crippen molar-refractivity contribution < 1.29 is 17.9 Å². The average Bonchev–Trinajstić information content (AvgIpc) is 2.72. The second kappa shape index (κ2) is 6.75. The first-order valence-corrected chi connectivity index (χ1v) is 5.92. The lowest BCUT2D eigenvalue weighted by molar-refractivity contribution is -0.325. The summed E-state index contributed by atoms with van der Waals surface area (Å²) >= 11 is 0. The van der Waals surface area contributed by atoms with Crippen LogP contribution in [0.4, 0.5) is 13.2 Å². The molecule has 0 aliphatic heterocycles. The van der Waals surface area contributed by atoms with Crippen molar-refractivity contribution in [1.82, 2.24) is 15.1 Å². The molecule has 1 aromatic heterocycles.